The van der Waals surface area contributed by atoms with Crippen LogP contribution in [0.15, 0.2) is 52.1 Å². The van der Waals surface area contributed by atoms with Gasteiger partial charge in [0.25, 0.3) is 10.9 Å². The minimum Gasteiger partial charge on any atom is -0.411 e. The zero-order chi connectivity index (χ0) is 17.1. The SMILES string of the molecule is Cc1ccc(-c2nnc(SCc3ccc([N+](=O)[O-])cc3)o2)cc1C. The topological polar surface area (TPSA) is 82.1 Å². The number of non-ortho nitro benzene ring substituents is 1. The number of aromatic nitrogens is 2. The van der Waals surface area contributed by atoms with Crippen molar-refractivity contribution in [2.75, 3.05) is 0 Å². The Morgan fingerprint density at radius 2 is 1.83 bits per heavy atom. The van der Waals surface area contributed by atoms with Gasteiger partial charge in [-0.15, -0.1) is 10.2 Å². The van der Waals surface area contributed by atoms with Crippen molar-refractivity contribution in [2.45, 2.75) is 24.8 Å². The lowest BCUT2D eigenvalue weighted by atomic mass is 10.1. The van der Waals surface area contributed by atoms with Gasteiger partial charge in [-0.2, -0.15) is 0 Å². The molecule has 0 radical (unpaired) electrons. The van der Waals surface area contributed by atoms with E-state index in [0.29, 0.717) is 16.9 Å². The number of hydrogen-bond acceptors (Lipinski definition) is 6. The number of nitrogens with zero attached hydrogens (tertiary/aromatic N) is 3. The van der Waals surface area contributed by atoms with Crippen LogP contribution in [0.3, 0.4) is 0 Å². The van der Waals surface area contributed by atoms with Crippen LogP contribution in [-0.4, -0.2) is 15.1 Å². The highest BCUT2D eigenvalue weighted by atomic mass is 32.2. The Balaban J connectivity index is 1.67. The van der Waals surface area contributed by atoms with Crippen molar-refractivity contribution in [3.05, 3.63) is 69.3 Å². The smallest absolute Gasteiger partial charge is 0.277 e. The van der Waals surface area contributed by atoms with Crippen LogP contribution in [0, 0.1) is 24.0 Å². The molecule has 0 saturated carbocycles. The van der Waals surface area contributed by atoms with Gasteiger partial charge in [-0.25, -0.2) is 0 Å². The molecule has 24 heavy (non-hydrogen) atoms. The molecule has 1 aromatic heterocycles. The van der Waals surface area contributed by atoms with Gasteiger partial charge in [-0.05, 0) is 42.7 Å². The lowest BCUT2D eigenvalue weighted by Gasteiger charge is -2.01. The van der Waals surface area contributed by atoms with E-state index in [0.717, 1.165) is 11.1 Å². The molecule has 0 N–H and O–H groups in total. The second-order valence-corrected chi connectivity index (χ2v) is 6.31. The van der Waals surface area contributed by atoms with E-state index in [1.807, 2.05) is 25.1 Å². The van der Waals surface area contributed by atoms with Gasteiger partial charge in [-0.3, -0.25) is 10.1 Å². The zero-order valence-electron chi connectivity index (χ0n) is 13.2. The molecule has 6 nitrogen and oxygen atoms in total. The summed E-state index contributed by atoms with van der Waals surface area (Å²) in [4.78, 5) is 10.2. The number of benzene rings is 2. The first-order valence-electron chi connectivity index (χ1n) is 7.30. The van der Waals surface area contributed by atoms with Crippen molar-refractivity contribution in [3.8, 4) is 11.5 Å². The quantitative estimate of drug-likeness (QED) is 0.384. The van der Waals surface area contributed by atoms with Crippen LogP contribution in [0.4, 0.5) is 5.69 Å². The summed E-state index contributed by atoms with van der Waals surface area (Å²) in [6, 6.07) is 12.4. The Labute approximate surface area is 143 Å². The summed E-state index contributed by atoms with van der Waals surface area (Å²) in [6.45, 7) is 4.10. The van der Waals surface area contributed by atoms with Crippen LogP contribution >= 0.6 is 11.8 Å². The van der Waals surface area contributed by atoms with E-state index in [9.17, 15) is 10.1 Å². The summed E-state index contributed by atoms with van der Waals surface area (Å²) in [5.41, 5.74) is 4.32. The predicted molar refractivity (Wildman–Crippen MR) is 91.9 cm³/mol. The summed E-state index contributed by atoms with van der Waals surface area (Å²) in [5, 5.41) is 19.2. The van der Waals surface area contributed by atoms with Gasteiger partial charge in [0.2, 0.25) is 5.89 Å². The Bertz CT molecular complexity index is 875. The molecule has 7 heteroatoms. The molecule has 0 fully saturated rings. The molecule has 1 heterocycles. The Hall–Kier alpha value is -2.67. The van der Waals surface area contributed by atoms with Crippen LogP contribution in [0.1, 0.15) is 16.7 Å². The van der Waals surface area contributed by atoms with E-state index in [1.54, 1.807) is 12.1 Å². The molecule has 2 aromatic carbocycles. The molecular weight excluding hydrogens is 326 g/mol. The highest BCUT2D eigenvalue weighted by Crippen LogP contribution is 2.27. The highest BCUT2D eigenvalue weighted by Gasteiger charge is 2.11. The van der Waals surface area contributed by atoms with Crippen molar-refractivity contribution in [2.24, 2.45) is 0 Å². The predicted octanol–water partition coefficient (Wildman–Crippen LogP) is 4.55. The van der Waals surface area contributed by atoms with Gasteiger partial charge in [0.15, 0.2) is 0 Å². The van der Waals surface area contributed by atoms with Gasteiger partial charge in [0.1, 0.15) is 0 Å². The Kier molecular flexibility index (Phi) is 4.61. The van der Waals surface area contributed by atoms with Crippen molar-refractivity contribution >= 4 is 17.4 Å². The van der Waals surface area contributed by atoms with E-state index < -0.39 is 4.92 Å². The molecule has 122 valence electrons. The molecule has 0 saturated heterocycles. The number of nitro groups is 1. The minimum absolute atomic E-state index is 0.0820. The molecule has 0 aliphatic carbocycles. The third-order valence-electron chi connectivity index (χ3n) is 3.67. The average Bonchev–Trinajstić information content (AvgIpc) is 3.05. The maximum Gasteiger partial charge on any atom is 0.277 e. The second-order valence-electron chi connectivity index (χ2n) is 5.38. The molecule has 3 rings (SSSR count). The van der Waals surface area contributed by atoms with Crippen molar-refractivity contribution < 1.29 is 9.34 Å². The normalized spacial score (nSPS) is 10.8. The Morgan fingerprint density at radius 1 is 1.08 bits per heavy atom. The minimum atomic E-state index is -0.412. The van der Waals surface area contributed by atoms with Crippen LogP contribution in [0.2, 0.25) is 0 Å². The first-order valence-corrected chi connectivity index (χ1v) is 8.29. The van der Waals surface area contributed by atoms with E-state index in [1.165, 1.54) is 35.0 Å². The fourth-order valence-electron chi connectivity index (χ4n) is 2.12. The van der Waals surface area contributed by atoms with Crippen molar-refractivity contribution in [3.63, 3.8) is 0 Å². The first kappa shape index (κ1) is 16.2. The van der Waals surface area contributed by atoms with Crippen LogP contribution in [0.25, 0.3) is 11.5 Å². The maximum absolute atomic E-state index is 10.6. The highest BCUT2D eigenvalue weighted by molar-refractivity contribution is 7.98. The van der Waals surface area contributed by atoms with Gasteiger partial charge in [0.05, 0.1) is 4.92 Å². The molecule has 0 bridgehead atoms. The van der Waals surface area contributed by atoms with Crippen molar-refractivity contribution in [1.82, 2.24) is 10.2 Å². The van der Waals surface area contributed by atoms with E-state index in [-0.39, 0.29) is 5.69 Å². The van der Waals surface area contributed by atoms with Crippen LogP contribution in [-0.2, 0) is 5.75 Å². The van der Waals surface area contributed by atoms with Crippen LogP contribution < -0.4 is 0 Å². The van der Waals surface area contributed by atoms with Gasteiger partial charge in [0, 0.05) is 23.4 Å². The standard InChI is InChI=1S/C17H15N3O3S/c1-11-3-6-14(9-12(11)2)16-18-19-17(23-16)24-10-13-4-7-15(8-5-13)20(21)22/h3-9H,10H2,1-2H3. The number of nitro benzene ring substituents is 1. The summed E-state index contributed by atoms with van der Waals surface area (Å²) in [5.74, 6) is 1.09. The molecule has 0 unspecified atom stereocenters. The maximum atomic E-state index is 10.6. The molecule has 0 spiro atoms. The van der Waals surface area contributed by atoms with Crippen molar-refractivity contribution in [1.29, 1.82) is 0 Å². The molecule has 3 aromatic rings. The lowest BCUT2D eigenvalue weighted by molar-refractivity contribution is -0.384. The third kappa shape index (κ3) is 3.62. The summed E-state index contributed by atoms with van der Waals surface area (Å²) >= 11 is 1.40. The summed E-state index contributed by atoms with van der Waals surface area (Å²) in [7, 11) is 0. The third-order valence-corrected chi connectivity index (χ3v) is 4.56. The molecule has 0 amide bonds. The molecule has 0 atom stereocenters. The van der Waals surface area contributed by atoms with E-state index in [4.69, 9.17) is 4.42 Å². The molecular formula is C17H15N3O3S. The first-order chi connectivity index (χ1) is 11.5. The summed E-state index contributed by atoms with van der Waals surface area (Å²) in [6.07, 6.45) is 0. The number of rotatable bonds is 5. The zero-order valence-corrected chi connectivity index (χ0v) is 14.0. The number of thioether (sulfide) groups is 1. The van der Waals surface area contributed by atoms with E-state index in [2.05, 4.69) is 17.1 Å². The van der Waals surface area contributed by atoms with E-state index >= 15 is 0 Å². The fraction of sp³-hybridized carbons (Fsp3) is 0.176. The Morgan fingerprint density at radius 3 is 2.50 bits per heavy atom. The average molecular weight is 341 g/mol. The van der Waals surface area contributed by atoms with Gasteiger partial charge < -0.3 is 4.42 Å². The summed E-state index contributed by atoms with van der Waals surface area (Å²) < 4.78 is 5.68. The van der Waals surface area contributed by atoms with Gasteiger partial charge in [-0.1, -0.05) is 30.0 Å². The lowest BCUT2D eigenvalue weighted by Crippen LogP contribution is -1.88. The van der Waals surface area contributed by atoms with Gasteiger partial charge >= 0.3 is 0 Å². The monoisotopic (exact) mass is 341 g/mol. The molecule has 0 aliphatic heterocycles. The van der Waals surface area contributed by atoms with Crippen LogP contribution in [0.5, 0.6) is 0 Å². The largest absolute Gasteiger partial charge is 0.411 e. The fourth-order valence-corrected chi connectivity index (χ4v) is 2.84. The second kappa shape index (κ2) is 6.84. The number of aryl methyl sites for hydroxylation is 2. The number of hydrogen-bond donors (Lipinski definition) is 0. The molecule has 0 aliphatic rings.